The van der Waals surface area contributed by atoms with Crippen LogP contribution in [0.3, 0.4) is 0 Å². The number of hydrogen-bond acceptors (Lipinski definition) is 3. The highest BCUT2D eigenvalue weighted by Gasteiger charge is 2.07. The predicted molar refractivity (Wildman–Crippen MR) is 59.1 cm³/mol. The average Bonchev–Trinajstić information content (AvgIpc) is 2.28. The van der Waals surface area contributed by atoms with Crippen LogP contribution in [0.4, 0.5) is 0 Å². The zero-order valence-electron chi connectivity index (χ0n) is 9.06. The first-order valence-corrected chi connectivity index (χ1v) is 4.66. The van der Waals surface area contributed by atoms with Crippen LogP contribution in [0.2, 0.25) is 0 Å². The molecule has 0 aliphatic carbocycles. The van der Waals surface area contributed by atoms with Crippen molar-refractivity contribution in [3.05, 3.63) is 29.3 Å². The molecule has 1 aromatic rings. The number of aromatic carboxylic acids is 1. The van der Waals surface area contributed by atoms with Crippen molar-refractivity contribution in [2.75, 3.05) is 7.11 Å². The summed E-state index contributed by atoms with van der Waals surface area (Å²) in [5, 5.41) is 17.2. The Hall–Kier alpha value is -2.48. The fourth-order valence-electron chi connectivity index (χ4n) is 1.14. The summed E-state index contributed by atoms with van der Waals surface area (Å²) >= 11 is 0. The van der Waals surface area contributed by atoms with Crippen molar-refractivity contribution in [3.8, 4) is 17.6 Å². The summed E-state index contributed by atoms with van der Waals surface area (Å²) in [6, 6.07) is 4.21. The van der Waals surface area contributed by atoms with Crippen molar-refractivity contribution in [2.24, 2.45) is 0 Å². The van der Waals surface area contributed by atoms with E-state index < -0.39 is 11.9 Å². The number of carbonyl (C=O) groups is 2. The molecule has 2 N–H and O–H groups in total. The van der Waals surface area contributed by atoms with E-state index in [0.717, 1.165) is 0 Å². The van der Waals surface area contributed by atoms with Gasteiger partial charge in [-0.1, -0.05) is 11.8 Å². The first kappa shape index (κ1) is 12.6. The molecular weight excluding hydrogens is 224 g/mol. The van der Waals surface area contributed by atoms with Crippen LogP contribution in [0.25, 0.3) is 0 Å². The van der Waals surface area contributed by atoms with Gasteiger partial charge in [0, 0.05) is 0 Å². The van der Waals surface area contributed by atoms with Gasteiger partial charge in [0.15, 0.2) is 0 Å². The van der Waals surface area contributed by atoms with Crippen LogP contribution in [0.5, 0.6) is 5.75 Å². The molecule has 0 saturated carbocycles. The number of benzene rings is 1. The maximum absolute atomic E-state index is 10.7. The van der Waals surface area contributed by atoms with Gasteiger partial charge in [-0.25, -0.2) is 4.79 Å². The first-order chi connectivity index (χ1) is 8.04. The number of methoxy groups -OCH3 is 1. The van der Waals surface area contributed by atoms with Gasteiger partial charge in [0.05, 0.1) is 18.2 Å². The Labute approximate surface area is 97.6 Å². The van der Waals surface area contributed by atoms with Crippen LogP contribution in [-0.2, 0) is 4.79 Å². The quantitative estimate of drug-likeness (QED) is 0.768. The fourth-order valence-corrected chi connectivity index (χ4v) is 1.14. The van der Waals surface area contributed by atoms with Crippen LogP contribution in [0, 0.1) is 11.8 Å². The van der Waals surface area contributed by atoms with E-state index in [1.165, 1.54) is 25.3 Å². The second-order valence-corrected chi connectivity index (χ2v) is 3.09. The van der Waals surface area contributed by atoms with Gasteiger partial charge >= 0.3 is 11.9 Å². The van der Waals surface area contributed by atoms with Crippen molar-refractivity contribution < 1.29 is 24.5 Å². The Balaban J connectivity index is 3.03. The summed E-state index contributed by atoms with van der Waals surface area (Å²) < 4.78 is 4.98. The van der Waals surface area contributed by atoms with Crippen molar-refractivity contribution >= 4 is 11.9 Å². The second-order valence-electron chi connectivity index (χ2n) is 3.09. The summed E-state index contributed by atoms with van der Waals surface area (Å²) in [6.45, 7) is 0. The molecule has 1 rings (SSSR count). The molecule has 17 heavy (non-hydrogen) atoms. The Morgan fingerprint density at radius 2 is 2.06 bits per heavy atom. The van der Waals surface area contributed by atoms with Crippen LogP contribution >= 0.6 is 0 Å². The number of aliphatic carboxylic acids is 1. The summed E-state index contributed by atoms with van der Waals surface area (Å²) in [4.78, 5) is 21.0. The van der Waals surface area contributed by atoms with E-state index in [9.17, 15) is 9.59 Å². The average molecular weight is 234 g/mol. The molecule has 0 amide bonds. The van der Waals surface area contributed by atoms with Gasteiger partial charge in [-0.05, 0) is 18.2 Å². The molecule has 5 nitrogen and oxygen atoms in total. The van der Waals surface area contributed by atoms with Crippen molar-refractivity contribution in [1.82, 2.24) is 0 Å². The zero-order chi connectivity index (χ0) is 12.8. The maximum Gasteiger partial charge on any atom is 0.335 e. The summed E-state index contributed by atoms with van der Waals surface area (Å²) in [6.07, 6.45) is -0.274. The summed E-state index contributed by atoms with van der Waals surface area (Å²) in [5.41, 5.74) is 0.546. The van der Waals surface area contributed by atoms with Gasteiger partial charge in [-0.2, -0.15) is 0 Å². The number of hydrogen-bond donors (Lipinski definition) is 2. The second kappa shape index (κ2) is 5.56. The standard InChI is InChI=1S/C12H10O5/c1-17-10-7-9(12(15)16)6-5-8(10)3-2-4-11(13)14/h5-7H,4H2,1H3,(H,13,14)(H,15,16). The third kappa shape index (κ3) is 3.54. The fraction of sp³-hybridized carbons (Fsp3) is 0.167. The predicted octanol–water partition coefficient (Wildman–Crippen LogP) is 1.22. The smallest absolute Gasteiger partial charge is 0.335 e. The highest BCUT2D eigenvalue weighted by molar-refractivity contribution is 5.88. The third-order valence-electron chi connectivity index (χ3n) is 1.91. The minimum Gasteiger partial charge on any atom is -0.495 e. The van der Waals surface area contributed by atoms with Crippen molar-refractivity contribution in [2.45, 2.75) is 6.42 Å². The number of rotatable bonds is 3. The molecule has 0 fully saturated rings. The lowest BCUT2D eigenvalue weighted by Crippen LogP contribution is -1.98. The molecule has 5 heteroatoms. The van der Waals surface area contributed by atoms with E-state index >= 15 is 0 Å². The molecular formula is C12H10O5. The monoisotopic (exact) mass is 234 g/mol. The Morgan fingerprint density at radius 3 is 2.59 bits per heavy atom. The van der Waals surface area contributed by atoms with Crippen LogP contribution in [0.1, 0.15) is 22.3 Å². The molecule has 0 bridgehead atoms. The number of carboxylic acid groups (broad SMARTS) is 2. The van der Waals surface area contributed by atoms with E-state index in [-0.39, 0.29) is 12.0 Å². The molecule has 0 aliphatic heterocycles. The van der Waals surface area contributed by atoms with Crippen LogP contribution < -0.4 is 4.74 Å². The van der Waals surface area contributed by atoms with Gasteiger partial charge in [-0.15, -0.1) is 0 Å². The molecule has 0 aliphatic rings. The highest BCUT2D eigenvalue weighted by atomic mass is 16.5. The van der Waals surface area contributed by atoms with Gasteiger partial charge in [0.2, 0.25) is 0 Å². The van der Waals surface area contributed by atoms with E-state index in [0.29, 0.717) is 11.3 Å². The van der Waals surface area contributed by atoms with Gasteiger partial charge in [-0.3, -0.25) is 4.79 Å². The molecule has 0 spiro atoms. The molecule has 88 valence electrons. The molecule has 0 radical (unpaired) electrons. The molecule has 0 saturated heterocycles. The first-order valence-electron chi connectivity index (χ1n) is 4.66. The van der Waals surface area contributed by atoms with E-state index in [2.05, 4.69) is 11.8 Å². The van der Waals surface area contributed by atoms with Gasteiger partial charge in [0.25, 0.3) is 0 Å². The van der Waals surface area contributed by atoms with Gasteiger partial charge < -0.3 is 14.9 Å². The minimum atomic E-state index is -1.06. The lowest BCUT2D eigenvalue weighted by atomic mass is 10.1. The van der Waals surface area contributed by atoms with Crippen LogP contribution in [-0.4, -0.2) is 29.3 Å². The Kier molecular flexibility index (Phi) is 4.12. The van der Waals surface area contributed by atoms with E-state index in [1.807, 2.05) is 0 Å². The summed E-state index contributed by atoms with van der Waals surface area (Å²) in [5.74, 6) is 3.29. The molecule has 0 atom stereocenters. The molecule has 0 unspecified atom stereocenters. The lowest BCUT2D eigenvalue weighted by molar-refractivity contribution is -0.135. The molecule has 0 heterocycles. The molecule has 1 aromatic carbocycles. The Bertz CT molecular complexity index is 507. The van der Waals surface area contributed by atoms with Gasteiger partial charge in [0.1, 0.15) is 12.2 Å². The number of ether oxygens (including phenoxy) is 1. The molecule has 0 aromatic heterocycles. The van der Waals surface area contributed by atoms with Crippen molar-refractivity contribution in [1.29, 1.82) is 0 Å². The number of carboxylic acids is 2. The van der Waals surface area contributed by atoms with Crippen molar-refractivity contribution in [3.63, 3.8) is 0 Å². The largest absolute Gasteiger partial charge is 0.495 e. The third-order valence-corrected chi connectivity index (χ3v) is 1.91. The topological polar surface area (TPSA) is 83.8 Å². The van der Waals surface area contributed by atoms with Crippen LogP contribution in [0.15, 0.2) is 18.2 Å². The zero-order valence-corrected chi connectivity index (χ0v) is 9.06. The van der Waals surface area contributed by atoms with E-state index in [4.69, 9.17) is 14.9 Å². The summed E-state index contributed by atoms with van der Waals surface area (Å²) in [7, 11) is 1.39. The minimum absolute atomic E-state index is 0.0886. The SMILES string of the molecule is COc1cc(C(=O)O)ccc1C#CCC(=O)O. The highest BCUT2D eigenvalue weighted by Crippen LogP contribution is 2.19. The lowest BCUT2D eigenvalue weighted by Gasteiger charge is -2.03. The van der Waals surface area contributed by atoms with E-state index in [1.54, 1.807) is 0 Å². The maximum atomic E-state index is 10.7. The Morgan fingerprint density at radius 1 is 1.35 bits per heavy atom. The normalized spacial score (nSPS) is 9.00.